The molecular formula is C13H11N3O. The summed E-state index contributed by atoms with van der Waals surface area (Å²) in [7, 11) is 0. The van der Waals surface area contributed by atoms with Gasteiger partial charge in [0.1, 0.15) is 5.75 Å². The monoisotopic (exact) mass is 225 g/mol. The fraction of sp³-hybridized carbons (Fsp3) is 0. The number of hydrogen-bond acceptors (Lipinski definition) is 4. The normalized spacial score (nSPS) is 9.59. The van der Waals surface area contributed by atoms with Crippen molar-refractivity contribution in [3.05, 3.63) is 48.0 Å². The van der Waals surface area contributed by atoms with E-state index in [2.05, 4.69) is 5.32 Å². The van der Waals surface area contributed by atoms with Gasteiger partial charge >= 0.3 is 0 Å². The molecule has 0 heterocycles. The van der Waals surface area contributed by atoms with Crippen LogP contribution in [0.5, 0.6) is 5.75 Å². The first-order chi connectivity index (χ1) is 8.19. The Labute approximate surface area is 98.9 Å². The molecule has 0 aliphatic rings. The van der Waals surface area contributed by atoms with Crippen LogP contribution in [0.1, 0.15) is 5.56 Å². The van der Waals surface area contributed by atoms with Gasteiger partial charge in [-0.15, -0.1) is 0 Å². The lowest BCUT2D eigenvalue weighted by Gasteiger charge is -2.09. The smallest absolute Gasteiger partial charge is 0.115 e. The van der Waals surface area contributed by atoms with Crippen LogP contribution in [-0.2, 0) is 0 Å². The largest absolute Gasteiger partial charge is 0.508 e. The van der Waals surface area contributed by atoms with Crippen molar-refractivity contribution >= 4 is 17.1 Å². The molecule has 4 heteroatoms. The number of nitriles is 1. The SMILES string of the molecule is N#Cc1ccc(Nc2ccc(O)cc2)c(N)c1. The van der Waals surface area contributed by atoms with Crippen molar-refractivity contribution in [2.45, 2.75) is 0 Å². The van der Waals surface area contributed by atoms with Gasteiger partial charge in [-0.05, 0) is 42.5 Å². The molecule has 0 aliphatic carbocycles. The lowest BCUT2D eigenvalue weighted by atomic mass is 10.2. The molecule has 4 nitrogen and oxygen atoms in total. The van der Waals surface area contributed by atoms with E-state index >= 15 is 0 Å². The van der Waals surface area contributed by atoms with E-state index in [0.29, 0.717) is 11.3 Å². The predicted octanol–water partition coefficient (Wildman–Crippen LogP) is 2.59. The fourth-order valence-corrected chi connectivity index (χ4v) is 1.45. The Hall–Kier alpha value is -2.67. The molecule has 0 amide bonds. The van der Waals surface area contributed by atoms with Gasteiger partial charge < -0.3 is 16.2 Å². The lowest BCUT2D eigenvalue weighted by molar-refractivity contribution is 0.475. The van der Waals surface area contributed by atoms with E-state index in [-0.39, 0.29) is 5.75 Å². The van der Waals surface area contributed by atoms with Crippen molar-refractivity contribution in [1.29, 1.82) is 5.26 Å². The maximum Gasteiger partial charge on any atom is 0.115 e. The third-order valence-electron chi connectivity index (χ3n) is 2.33. The van der Waals surface area contributed by atoms with Crippen molar-refractivity contribution in [3.8, 4) is 11.8 Å². The number of aromatic hydroxyl groups is 1. The average molecular weight is 225 g/mol. The number of nitrogens with one attached hydrogen (secondary N) is 1. The second-order valence-corrected chi connectivity index (χ2v) is 3.59. The van der Waals surface area contributed by atoms with Crippen LogP contribution in [0.4, 0.5) is 17.1 Å². The molecule has 0 aliphatic heterocycles. The minimum Gasteiger partial charge on any atom is -0.508 e. The lowest BCUT2D eigenvalue weighted by Crippen LogP contribution is -1.96. The van der Waals surface area contributed by atoms with Gasteiger partial charge in [-0.25, -0.2) is 0 Å². The zero-order valence-electron chi connectivity index (χ0n) is 9.01. The quantitative estimate of drug-likeness (QED) is 0.542. The minimum atomic E-state index is 0.211. The second kappa shape index (κ2) is 4.45. The van der Waals surface area contributed by atoms with Crippen LogP contribution in [0.15, 0.2) is 42.5 Å². The zero-order valence-corrected chi connectivity index (χ0v) is 9.01. The van der Waals surface area contributed by atoms with Crippen LogP contribution in [0.25, 0.3) is 0 Å². The van der Waals surface area contributed by atoms with Crippen LogP contribution in [0, 0.1) is 11.3 Å². The molecule has 0 saturated heterocycles. The van der Waals surface area contributed by atoms with Crippen molar-refractivity contribution < 1.29 is 5.11 Å². The van der Waals surface area contributed by atoms with Crippen molar-refractivity contribution in [2.75, 3.05) is 11.1 Å². The molecule has 17 heavy (non-hydrogen) atoms. The van der Waals surface area contributed by atoms with Gasteiger partial charge in [0.25, 0.3) is 0 Å². The first-order valence-electron chi connectivity index (χ1n) is 5.05. The second-order valence-electron chi connectivity index (χ2n) is 3.59. The third-order valence-corrected chi connectivity index (χ3v) is 2.33. The number of benzene rings is 2. The van der Waals surface area contributed by atoms with Crippen LogP contribution >= 0.6 is 0 Å². The zero-order chi connectivity index (χ0) is 12.3. The number of phenols is 1. The summed E-state index contributed by atoms with van der Waals surface area (Å²) in [5, 5.41) is 21.0. The molecule has 0 radical (unpaired) electrons. The van der Waals surface area contributed by atoms with E-state index in [4.69, 9.17) is 16.1 Å². The molecule has 0 unspecified atom stereocenters. The van der Waals surface area contributed by atoms with Crippen molar-refractivity contribution in [1.82, 2.24) is 0 Å². The van der Waals surface area contributed by atoms with Gasteiger partial charge in [0.15, 0.2) is 0 Å². The molecule has 84 valence electrons. The summed E-state index contributed by atoms with van der Waals surface area (Å²) < 4.78 is 0. The number of rotatable bonds is 2. The minimum absolute atomic E-state index is 0.211. The van der Waals surface area contributed by atoms with Crippen molar-refractivity contribution in [2.24, 2.45) is 0 Å². The topological polar surface area (TPSA) is 82.1 Å². The van der Waals surface area contributed by atoms with Gasteiger partial charge in [-0.1, -0.05) is 0 Å². The summed E-state index contributed by atoms with van der Waals surface area (Å²) in [5.74, 6) is 0.211. The molecule has 0 saturated carbocycles. The molecule has 4 N–H and O–H groups in total. The van der Waals surface area contributed by atoms with Crippen LogP contribution < -0.4 is 11.1 Å². The Morgan fingerprint density at radius 1 is 1.12 bits per heavy atom. The highest BCUT2D eigenvalue weighted by Gasteiger charge is 2.01. The summed E-state index contributed by atoms with van der Waals surface area (Å²) in [5.41, 5.74) is 8.40. The predicted molar refractivity (Wildman–Crippen MR) is 67.0 cm³/mol. The van der Waals surface area contributed by atoms with E-state index < -0.39 is 0 Å². The maximum atomic E-state index is 9.16. The first kappa shape index (κ1) is 10.8. The number of anilines is 3. The van der Waals surface area contributed by atoms with Crippen LogP contribution in [0.2, 0.25) is 0 Å². The number of nitrogen functional groups attached to an aromatic ring is 1. The third kappa shape index (κ3) is 2.47. The molecule has 0 fully saturated rings. The van der Waals surface area contributed by atoms with Gasteiger partial charge in [0.05, 0.1) is 23.0 Å². The van der Waals surface area contributed by atoms with Gasteiger partial charge in [0.2, 0.25) is 0 Å². The Morgan fingerprint density at radius 2 is 1.82 bits per heavy atom. The standard InChI is InChI=1S/C13H11N3O/c14-8-9-1-6-13(12(15)7-9)16-10-2-4-11(17)5-3-10/h1-7,16-17H,15H2. The van der Waals surface area contributed by atoms with Gasteiger partial charge in [-0.3, -0.25) is 0 Å². The number of nitrogens with zero attached hydrogens (tertiary/aromatic N) is 1. The van der Waals surface area contributed by atoms with E-state index in [1.165, 1.54) is 0 Å². The maximum absolute atomic E-state index is 9.16. The number of nitrogens with two attached hydrogens (primary N) is 1. The summed E-state index contributed by atoms with van der Waals surface area (Å²) >= 11 is 0. The highest BCUT2D eigenvalue weighted by molar-refractivity contribution is 5.73. The van der Waals surface area contributed by atoms with Crippen LogP contribution in [0.3, 0.4) is 0 Å². The highest BCUT2D eigenvalue weighted by atomic mass is 16.3. The summed E-state index contributed by atoms with van der Waals surface area (Å²) in [6.07, 6.45) is 0. The van der Waals surface area contributed by atoms with E-state index in [1.807, 2.05) is 6.07 Å². The number of hydrogen-bond donors (Lipinski definition) is 3. The Balaban J connectivity index is 2.25. The van der Waals surface area contributed by atoms with Crippen LogP contribution in [-0.4, -0.2) is 5.11 Å². The molecule has 2 aromatic rings. The molecular weight excluding hydrogens is 214 g/mol. The molecule has 0 aromatic heterocycles. The van der Waals surface area contributed by atoms with E-state index in [9.17, 15) is 0 Å². The van der Waals surface area contributed by atoms with Crippen molar-refractivity contribution in [3.63, 3.8) is 0 Å². The summed E-state index contributed by atoms with van der Waals surface area (Å²) in [6, 6.07) is 13.7. The van der Waals surface area contributed by atoms with Gasteiger partial charge in [-0.2, -0.15) is 5.26 Å². The Bertz CT molecular complexity index is 570. The van der Waals surface area contributed by atoms with Gasteiger partial charge in [0, 0.05) is 5.69 Å². The highest BCUT2D eigenvalue weighted by Crippen LogP contribution is 2.24. The number of phenolic OH excluding ortho intramolecular Hbond substituents is 1. The fourth-order valence-electron chi connectivity index (χ4n) is 1.45. The Kier molecular flexibility index (Phi) is 2.84. The summed E-state index contributed by atoms with van der Waals surface area (Å²) in [4.78, 5) is 0. The summed E-state index contributed by atoms with van der Waals surface area (Å²) in [6.45, 7) is 0. The molecule has 2 rings (SSSR count). The van der Waals surface area contributed by atoms with E-state index in [1.54, 1.807) is 42.5 Å². The molecule has 0 bridgehead atoms. The molecule has 2 aromatic carbocycles. The first-order valence-corrected chi connectivity index (χ1v) is 5.05. The Morgan fingerprint density at radius 3 is 2.41 bits per heavy atom. The molecule has 0 spiro atoms. The van der Waals surface area contributed by atoms with E-state index in [0.717, 1.165) is 11.4 Å². The molecule has 0 atom stereocenters. The average Bonchev–Trinajstić information content (AvgIpc) is 2.34.